The Hall–Kier alpha value is -0.360. The number of aliphatic hydroxyl groups is 6. The van der Waals surface area contributed by atoms with Crippen LogP contribution in [-0.2, 0) is 14.2 Å². The van der Waals surface area contributed by atoms with E-state index in [0.717, 1.165) is 0 Å². The fourth-order valence-corrected chi connectivity index (χ4v) is 2.87. The predicted octanol–water partition coefficient (Wildman–Crippen LogP) is -0.509. The maximum Gasteiger partial charge on any atom is 0.189 e. The van der Waals surface area contributed by atoms with E-state index >= 15 is 0 Å². The Labute approximate surface area is 161 Å². The molecular weight excluding hydrogens is 360 g/mol. The van der Waals surface area contributed by atoms with E-state index in [1.807, 2.05) is 27.7 Å². The highest BCUT2D eigenvalue weighted by Gasteiger charge is 2.49. The van der Waals surface area contributed by atoms with Crippen LogP contribution < -0.4 is 0 Å². The summed E-state index contributed by atoms with van der Waals surface area (Å²) in [6, 6.07) is 0. The normalized spacial score (nSPS) is 44.4. The Kier molecular flexibility index (Phi) is 12.8. The lowest BCUT2D eigenvalue weighted by Crippen LogP contribution is -2.62. The van der Waals surface area contributed by atoms with Crippen molar-refractivity contribution in [1.82, 2.24) is 0 Å². The zero-order valence-electron chi connectivity index (χ0n) is 17.1. The lowest BCUT2D eigenvalue weighted by Gasteiger charge is -2.44. The molecule has 9 heteroatoms. The molecular formula is C18H38O9. The summed E-state index contributed by atoms with van der Waals surface area (Å²) in [6.07, 6.45) is -12.0. The minimum absolute atomic E-state index is 0.373. The highest BCUT2D eigenvalue weighted by molar-refractivity contribution is 4.91. The summed E-state index contributed by atoms with van der Waals surface area (Å²) in [4.78, 5) is 0. The van der Waals surface area contributed by atoms with Crippen molar-refractivity contribution in [3.05, 3.63) is 0 Å². The average Bonchev–Trinajstić information content (AvgIpc) is 2.71. The lowest BCUT2D eigenvalue weighted by atomic mass is 9.96. The third kappa shape index (κ3) is 6.31. The second-order valence-electron chi connectivity index (χ2n) is 5.98. The van der Waals surface area contributed by atoms with E-state index in [0.29, 0.717) is 12.8 Å². The van der Waals surface area contributed by atoms with Crippen molar-refractivity contribution in [2.45, 2.75) is 116 Å². The first kappa shape index (κ1) is 26.6. The molecule has 10 atom stereocenters. The molecule has 2 fully saturated rings. The van der Waals surface area contributed by atoms with E-state index in [-0.39, 0.29) is 0 Å². The van der Waals surface area contributed by atoms with Crippen LogP contribution in [-0.4, -0.2) is 92.1 Å². The van der Waals surface area contributed by atoms with Gasteiger partial charge in [0.15, 0.2) is 12.6 Å². The molecule has 2 rings (SSSR count). The SMILES string of the molecule is CC.CC.CCC1OC(OC2OC(CC)C(O)C(O)C2O)C(O)C(O)C1O. The third-order valence-electron chi connectivity index (χ3n) is 4.41. The van der Waals surface area contributed by atoms with Crippen LogP contribution in [0.3, 0.4) is 0 Å². The molecule has 0 aromatic carbocycles. The highest BCUT2D eigenvalue weighted by atomic mass is 16.8. The molecule has 0 saturated carbocycles. The molecule has 0 aromatic heterocycles. The van der Waals surface area contributed by atoms with Crippen molar-refractivity contribution in [2.24, 2.45) is 0 Å². The van der Waals surface area contributed by atoms with Gasteiger partial charge in [0.25, 0.3) is 0 Å². The van der Waals surface area contributed by atoms with Gasteiger partial charge in [0, 0.05) is 0 Å². The van der Waals surface area contributed by atoms with Gasteiger partial charge >= 0.3 is 0 Å². The van der Waals surface area contributed by atoms with Gasteiger partial charge in [-0.2, -0.15) is 0 Å². The Bertz CT molecular complexity index is 346. The van der Waals surface area contributed by atoms with Crippen LogP contribution in [0.25, 0.3) is 0 Å². The Balaban J connectivity index is 0.00000158. The number of aliphatic hydroxyl groups excluding tert-OH is 6. The van der Waals surface area contributed by atoms with Gasteiger partial charge in [0.2, 0.25) is 0 Å². The largest absolute Gasteiger partial charge is 0.388 e. The summed E-state index contributed by atoms with van der Waals surface area (Å²) in [7, 11) is 0. The standard InChI is InChI=1S/C14H26O9.2C2H6/c1-3-5-7(15)9(17)11(19)13(21-5)23-14-12(20)10(18)8(16)6(4-2)22-14;2*1-2/h5-20H,3-4H2,1-2H3;2*1-2H3. The van der Waals surface area contributed by atoms with Crippen LogP contribution in [0.4, 0.5) is 0 Å². The van der Waals surface area contributed by atoms with E-state index in [1.165, 1.54) is 0 Å². The lowest BCUT2D eigenvalue weighted by molar-refractivity contribution is -0.373. The zero-order chi connectivity index (χ0) is 21.3. The van der Waals surface area contributed by atoms with Gasteiger partial charge < -0.3 is 44.8 Å². The first-order chi connectivity index (χ1) is 12.8. The van der Waals surface area contributed by atoms with Gasteiger partial charge in [-0.15, -0.1) is 0 Å². The van der Waals surface area contributed by atoms with Gasteiger partial charge in [0.1, 0.15) is 36.6 Å². The molecule has 27 heavy (non-hydrogen) atoms. The van der Waals surface area contributed by atoms with Crippen molar-refractivity contribution in [3.63, 3.8) is 0 Å². The quantitative estimate of drug-likeness (QED) is 0.368. The smallest absolute Gasteiger partial charge is 0.189 e. The van der Waals surface area contributed by atoms with Crippen LogP contribution in [0.1, 0.15) is 54.4 Å². The van der Waals surface area contributed by atoms with E-state index in [2.05, 4.69) is 0 Å². The molecule has 9 nitrogen and oxygen atoms in total. The van der Waals surface area contributed by atoms with Gasteiger partial charge in [0.05, 0.1) is 12.2 Å². The molecule has 6 N–H and O–H groups in total. The second kappa shape index (κ2) is 13.0. The molecule has 0 spiro atoms. The van der Waals surface area contributed by atoms with Gasteiger partial charge in [-0.3, -0.25) is 0 Å². The highest BCUT2D eigenvalue weighted by Crippen LogP contribution is 2.29. The Morgan fingerprint density at radius 1 is 0.556 bits per heavy atom. The first-order valence-corrected chi connectivity index (χ1v) is 9.86. The van der Waals surface area contributed by atoms with E-state index in [9.17, 15) is 30.6 Å². The number of hydrogen-bond acceptors (Lipinski definition) is 9. The molecule has 0 bridgehead atoms. The monoisotopic (exact) mass is 398 g/mol. The summed E-state index contributed by atoms with van der Waals surface area (Å²) < 4.78 is 16.2. The minimum Gasteiger partial charge on any atom is -0.388 e. The predicted molar refractivity (Wildman–Crippen MR) is 97.7 cm³/mol. The van der Waals surface area contributed by atoms with E-state index in [4.69, 9.17) is 14.2 Å². The van der Waals surface area contributed by atoms with Crippen molar-refractivity contribution in [3.8, 4) is 0 Å². The number of hydrogen-bond donors (Lipinski definition) is 6. The molecule has 0 aromatic rings. The minimum atomic E-state index is -1.55. The molecule has 2 aliphatic rings. The maximum absolute atomic E-state index is 9.97. The van der Waals surface area contributed by atoms with Crippen molar-refractivity contribution in [1.29, 1.82) is 0 Å². The molecule has 0 amide bonds. The van der Waals surface area contributed by atoms with E-state index in [1.54, 1.807) is 13.8 Å². The molecule has 0 radical (unpaired) electrons. The van der Waals surface area contributed by atoms with Gasteiger partial charge in [-0.25, -0.2) is 0 Å². The summed E-state index contributed by atoms with van der Waals surface area (Å²) in [5.74, 6) is 0. The van der Waals surface area contributed by atoms with Gasteiger partial charge in [-0.05, 0) is 12.8 Å². The molecule has 164 valence electrons. The first-order valence-electron chi connectivity index (χ1n) is 9.86. The summed E-state index contributed by atoms with van der Waals surface area (Å²) in [5, 5.41) is 59.2. The van der Waals surface area contributed by atoms with Crippen molar-refractivity contribution in [2.75, 3.05) is 0 Å². The van der Waals surface area contributed by atoms with E-state index < -0.39 is 61.4 Å². The molecule has 10 unspecified atom stereocenters. The second-order valence-corrected chi connectivity index (χ2v) is 5.98. The van der Waals surface area contributed by atoms with Crippen LogP contribution >= 0.6 is 0 Å². The average molecular weight is 398 g/mol. The topological polar surface area (TPSA) is 149 Å². The fourth-order valence-electron chi connectivity index (χ4n) is 2.87. The Morgan fingerprint density at radius 2 is 0.852 bits per heavy atom. The van der Waals surface area contributed by atoms with Crippen LogP contribution in [0.15, 0.2) is 0 Å². The van der Waals surface area contributed by atoms with Gasteiger partial charge in [-0.1, -0.05) is 41.5 Å². The van der Waals surface area contributed by atoms with Crippen LogP contribution in [0.5, 0.6) is 0 Å². The summed E-state index contributed by atoms with van der Waals surface area (Å²) in [6.45, 7) is 11.5. The molecule has 0 aliphatic carbocycles. The third-order valence-corrected chi connectivity index (χ3v) is 4.41. The van der Waals surface area contributed by atoms with Crippen LogP contribution in [0, 0.1) is 0 Å². The molecule has 2 saturated heterocycles. The maximum atomic E-state index is 9.97. The van der Waals surface area contributed by atoms with Crippen molar-refractivity contribution < 1.29 is 44.8 Å². The van der Waals surface area contributed by atoms with Crippen LogP contribution in [0.2, 0.25) is 0 Å². The molecule has 2 heterocycles. The zero-order valence-corrected chi connectivity index (χ0v) is 17.1. The van der Waals surface area contributed by atoms with Crippen molar-refractivity contribution >= 4 is 0 Å². The summed E-state index contributed by atoms with van der Waals surface area (Å²) >= 11 is 0. The molecule has 2 aliphatic heterocycles. The fraction of sp³-hybridized carbons (Fsp3) is 1.00. The Morgan fingerprint density at radius 3 is 1.11 bits per heavy atom. The number of ether oxygens (including phenoxy) is 3. The number of rotatable bonds is 4. The summed E-state index contributed by atoms with van der Waals surface area (Å²) in [5.41, 5.74) is 0.